The van der Waals surface area contributed by atoms with E-state index in [1.54, 1.807) is 5.48 Å². The summed E-state index contributed by atoms with van der Waals surface area (Å²) in [6.07, 6.45) is 1.63. The Balaban J connectivity index is 1.85. The molecule has 0 bridgehead atoms. The highest BCUT2D eigenvalue weighted by Gasteiger charge is 2.09. The highest BCUT2D eigenvalue weighted by molar-refractivity contribution is 5.74. The number of likely N-dealkylation sites (N-methyl/N-ethyl adjacent to an activating group) is 1. The number of rotatable bonds is 11. The Labute approximate surface area is 166 Å². The van der Waals surface area contributed by atoms with Gasteiger partial charge in [-0.05, 0) is 55.8 Å². The molecular formula is C22H30N2O4. The number of nitrogens with one attached hydrogen (secondary N) is 1. The van der Waals surface area contributed by atoms with Crippen molar-refractivity contribution in [3.05, 3.63) is 54.1 Å². The van der Waals surface area contributed by atoms with Crippen molar-refractivity contribution >= 4 is 5.91 Å². The first-order valence-corrected chi connectivity index (χ1v) is 9.58. The average Bonchev–Trinajstić information content (AvgIpc) is 2.71. The lowest BCUT2D eigenvalue weighted by atomic mass is 9.99. The monoisotopic (exact) mass is 386 g/mol. The zero-order chi connectivity index (χ0) is 20.4. The van der Waals surface area contributed by atoms with E-state index in [-0.39, 0.29) is 6.42 Å². The van der Waals surface area contributed by atoms with Gasteiger partial charge < -0.3 is 14.7 Å². The fourth-order valence-corrected chi connectivity index (χ4v) is 2.83. The van der Waals surface area contributed by atoms with Crippen LogP contribution in [0.15, 0.2) is 48.5 Å². The molecule has 3 N–H and O–H groups in total. The molecule has 0 spiro atoms. The van der Waals surface area contributed by atoms with E-state index in [1.165, 1.54) is 0 Å². The van der Waals surface area contributed by atoms with Crippen molar-refractivity contribution in [3.63, 3.8) is 0 Å². The maximum atomic E-state index is 11.0. The topological polar surface area (TPSA) is 82.0 Å². The van der Waals surface area contributed by atoms with Crippen LogP contribution in [-0.4, -0.2) is 48.4 Å². The molecule has 2 aromatic carbocycles. The van der Waals surface area contributed by atoms with E-state index in [9.17, 15) is 9.90 Å². The Bertz CT molecular complexity index is 714. The van der Waals surface area contributed by atoms with Crippen LogP contribution in [0.1, 0.15) is 37.4 Å². The largest absolute Gasteiger partial charge is 0.492 e. The summed E-state index contributed by atoms with van der Waals surface area (Å²) in [6.45, 7) is 1.53. The average molecular weight is 386 g/mol. The van der Waals surface area contributed by atoms with Crippen molar-refractivity contribution in [1.82, 2.24) is 10.4 Å². The van der Waals surface area contributed by atoms with E-state index in [0.717, 1.165) is 29.0 Å². The van der Waals surface area contributed by atoms with E-state index in [0.29, 0.717) is 25.9 Å². The van der Waals surface area contributed by atoms with Crippen LogP contribution in [0.4, 0.5) is 0 Å². The third-order valence-corrected chi connectivity index (χ3v) is 4.55. The summed E-state index contributed by atoms with van der Waals surface area (Å²) < 4.78 is 5.71. The Morgan fingerprint density at radius 1 is 1.04 bits per heavy atom. The molecule has 1 amide bonds. The Morgan fingerprint density at radius 2 is 1.64 bits per heavy atom. The molecule has 0 saturated heterocycles. The molecule has 152 valence electrons. The second-order valence-electron chi connectivity index (χ2n) is 7.09. The molecule has 0 radical (unpaired) electrons. The van der Waals surface area contributed by atoms with Crippen molar-refractivity contribution in [2.45, 2.75) is 31.8 Å². The standard InChI is InChI=1S/C22H30N2O4/c1-24(2)15-16-28-20-13-11-18(12-14-20)17-7-9-19(10-8-17)21(25)5-3-4-6-22(26)23-27/h7-14,21,25,27H,3-6,15-16H2,1-2H3,(H,23,26). The number of aliphatic hydroxyl groups excluding tert-OH is 1. The Kier molecular flexibility index (Phi) is 8.94. The number of ether oxygens (including phenoxy) is 1. The van der Waals surface area contributed by atoms with E-state index in [4.69, 9.17) is 9.94 Å². The van der Waals surface area contributed by atoms with Gasteiger partial charge in [0, 0.05) is 13.0 Å². The van der Waals surface area contributed by atoms with Crippen molar-refractivity contribution < 1.29 is 19.8 Å². The van der Waals surface area contributed by atoms with Crippen molar-refractivity contribution in [2.75, 3.05) is 27.2 Å². The predicted octanol–water partition coefficient (Wildman–Crippen LogP) is 3.39. The minimum atomic E-state index is -0.557. The summed E-state index contributed by atoms with van der Waals surface area (Å²) in [4.78, 5) is 13.0. The Hall–Kier alpha value is -2.41. The van der Waals surface area contributed by atoms with Gasteiger partial charge in [-0.25, -0.2) is 5.48 Å². The van der Waals surface area contributed by atoms with Gasteiger partial charge in [-0.1, -0.05) is 42.8 Å². The molecule has 0 aliphatic carbocycles. The maximum Gasteiger partial charge on any atom is 0.243 e. The molecule has 0 fully saturated rings. The zero-order valence-corrected chi connectivity index (χ0v) is 16.6. The fraction of sp³-hybridized carbons (Fsp3) is 0.409. The molecule has 0 aromatic heterocycles. The number of hydrogen-bond donors (Lipinski definition) is 3. The molecule has 6 heteroatoms. The first-order chi connectivity index (χ1) is 13.5. The fourth-order valence-electron chi connectivity index (χ4n) is 2.83. The molecule has 0 aliphatic rings. The Morgan fingerprint density at radius 3 is 2.21 bits per heavy atom. The van der Waals surface area contributed by atoms with E-state index in [1.807, 2.05) is 62.6 Å². The summed E-state index contributed by atoms with van der Waals surface area (Å²) in [6, 6.07) is 15.9. The van der Waals surface area contributed by atoms with E-state index in [2.05, 4.69) is 4.90 Å². The van der Waals surface area contributed by atoms with Crippen LogP contribution in [0.5, 0.6) is 5.75 Å². The summed E-state index contributed by atoms with van der Waals surface area (Å²) in [5.41, 5.74) is 4.65. The maximum absolute atomic E-state index is 11.0. The number of nitrogens with zero attached hydrogens (tertiary/aromatic N) is 1. The molecule has 6 nitrogen and oxygen atoms in total. The minimum Gasteiger partial charge on any atom is -0.492 e. The second-order valence-corrected chi connectivity index (χ2v) is 7.09. The predicted molar refractivity (Wildman–Crippen MR) is 109 cm³/mol. The zero-order valence-electron chi connectivity index (χ0n) is 16.6. The number of unbranched alkanes of at least 4 members (excludes halogenated alkanes) is 1. The third-order valence-electron chi connectivity index (χ3n) is 4.55. The van der Waals surface area contributed by atoms with Gasteiger partial charge in [0.05, 0.1) is 6.10 Å². The van der Waals surface area contributed by atoms with Gasteiger partial charge in [0.2, 0.25) is 5.91 Å². The first kappa shape index (κ1) is 21.9. The minimum absolute atomic E-state index is 0.261. The molecular weight excluding hydrogens is 356 g/mol. The van der Waals surface area contributed by atoms with Crippen molar-refractivity contribution in [2.24, 2.45) is 0 Å². The molecule has 1 atom stereocenters. The lowest BCUT2D eigenvalue weighted by Crippen LogP contribution is -2.19. The summed E-state index contributed by atoms with van der Waals surface area (Å²) in [5.74, 6) is 0.459. The molecule has 2 aromatic rings. The smallest absolute Gasteiger partial charge is 0.243 e. The van der Waals surface area contributed by atoms with Gasteiger partial charge >= 0.3 is 0 Å². The van der Waals surface area contributed by atoms with Gasteiger partial charge in [0.1, 0.15) is 12.4 Å². The van der Waals surface area contributed by atoms with Gasteiger partial charge in [-0.3, -0.25) is 10.0 Å². The lowest BCUT2D eigenvalue weighted by Gasteiger charge is -2.12. The highest BCUT2D eigenvalue weighted by atomic mass is 16.5. The molecule has 2 rings (SSSR count). The molecule has 0 aliphatic heterocycles. The van der Waals surface area contributed by atoms with Gasteiger partial charge in [-0.15, -0.1) is 0 Å². The third kappa shape index (κ3) is 7.31. The summed E-state index contributed by atoms with van der Waals surface area (Å²) in [7, 11) is 4.03. The van der Waals surface area contributed by atoms with Crippen LogP contribution >= 0.6 is 0 Å². The first-order valence-electron chi connectivity index (χ1n) is 9.58. The normalized spacial score (nSPS) is 12.0. The molecule has 1 unspecified atom stereocenters. The van der Waals surface area contributed by atoms with Gasteiger partial charge in [-0.2, -0.15) is 0 Å². The van der Waals surface area contributed by atoms with Gasteiger partial charge in [0.15, 0.2) is 0 Å². The summed E-state index contributed by atoms with van der Waals surface area (Å²) >= 11 is 0. The van der Waals surface area contributed by atoms with Crippen LogP contribution in [0, 0.1) is 0 Å². The number of carbonyl (C=O) groups is 1. The molecule has 28 heavy (non-hydrogen) atoms. The summed E-state index contributed by atoms with van der Waals surface area (Å²) in [5, 5.41) is 18.7. The number of carbonyl (C=O) groups excluding carboxylic acids is 1. The quantitative estimate of drug-likeness (QED) is 0.313. The SMILES string of the molecule is CN(C)CCOc1ccc(-c2ccc(C(O)CCCCC(=O)NO)cc2)cc1. The van der Waals surface area contributed by atoms with Crippen LogP contribution < -0.4 is 10.2 Å². The molecule has 0 heterocycles. The van der Waals surface area contributed by atoms with Crippen LogP contribution in [0.2, 0.25) is 0 Å². The van der Waals surface area contributed by atoms with E-state index >= 15 is 0 Å². The van der Waals surface area contributed by atoms with E-state index < -0.39 is 12.0 Å². The molecule has 0 saturated carbocycles. The van der Waals surface area contributed by atoms with Crippen molar-refractivity contribution in [1.29, 1.82) is 0 Å². The number of amides is 1. The van der Waals surface area contributed by atoms with Crippen LogP contribution in [0.3, 0.4) is 0 Å². The van der Waals surface area contributed by atoms with Crippen LogP contribution in [0.25, 0.3) is 11.1 Å². The number of hydroxylamine groups is 1. The number of hydrogen-bond acceptors (Lipinski definition) is 5. The number of benzene rings is 2. The highest BCUT2D eigenvalue weighted by Crippen LogP contribution is 2.26. The van der Waals surface area contributed by atoms with Crippen LogP contribution in [-0.2, 0) is 4.79 Å². The van der Waals surface area contributed by atoms with Crippen molar-refractivity contribution in [3.8, 4) is 16.9 Å². The number of aliphatic hydroxyl groups is 1. The lowest BCUT2D eigenvalue weighted by molar-refractivity contribution is -0.129. The van der Waals surface area contributed by atoms with Gasteiger partial charge in [0.25, 0.3) is 0 Å². The second kappa shape index (κ2) is 11.4.